The second kappa shape index (κ2) is 9.90. The van der Waals surface area contributed by atoms with Crippen molar-refractivity contribution in [1.82, 2.24) is 9.88 Å². The molecule has 0 spiro atoms. The van der Waals surface area contributed by atoms with E-state index in [9.17, 15) is 4.79 Å². The first kappa shape index (κ1) is 21.3. The fourth-order valence-electron chi connectivity index (χ4n) is 3.34. The number of likely N-dealkylation sites (N-methyl/N-ethyl adjacent to an activating group) is 1. The van der Waals surface area contributed by atoms with Crippen LogP contribution in [0, 0.1) is 0 Å². The van der Waals surface area contributed by atoms with Crippen molar-refractivity contribution in [2.24, 2.45) is 0 Å². The molecule has 29 heavy (non-hydrogen) atoms. The van der Waals surface area contributed by atoms with Crippen molar-refractivity contribution in [2.75, 3.05) is 13.7 Å². The number of methoxy groups -OCH3 is 1. The monoisotopic (exact) mass is 428 g/mol. The van der Waals surface area contributed by atoms with Crippen molar-refractivity contribution in [3.8, 4) is 5.75 Å². The van der Waals surface area contributed by atoms with E-state index in [1.54, 1.807) is 18.4 Å². The zero-order chi connectivity index (χ0) is 20.8. The highest BCUT2D eigenvalue weighted by Gasteiger charge is 2.21. The molecular weight excluding hydrogens is 404 g/mol. The number of benzene rings is 2. The molecule has 1 unspecified atom stereocenters. The molecule has 152 valence electrons. The summed E-state index contributed by atoms with van der Waals surface area (Å²) >= 11 is 7.64. The standard InChI is InChI=1S/C23H25ClN2O2S/c1-4-26(16(2)18-8-6-10-21(13-18)28-3)23(27)14-20-15-29-22(25-20)12-17-7-5-9-19(24)11-17/h5-11,13,15-16H,4,12,14H2,1-3H3. The van der Waals surface area contributed by atoms with Crippen LogP contribution in [0.4, 0.5) is 0 Å². The summed E-state index contributed by atoms with van der Waals surface area (Å²) in [6.45, 7) is 4.68. The van der Waals surface area contributed by atoms with Crippen LogP contribution in [0.2, 0.25) is 5.02 Å². The second-order valence-corrected chi connectivity index (χ2v) is 8.23. The van der Waals surface area contributed by atoms with Gasteiger partial charge in [0, 0.05) is 23.4 Å². The Labute approximate surface area is 181 Å². The first-order valence-electron chi connectivity index (χ1n) is 9.61. The smallest absolute Gasteiger partial charge is 0.229 e. The fourth-order valence-corrected chi connectivity index (χ4v) is 4.38. The Bertz CT molecular complexity index is 973. The van der Waals surface area contributed by atoms with E-state index in [1.165, 1.54) is 0 Å². The number of hydrogen-bond donors (Lipinski definition) is 0. The van der Waals surface area contributed by atoms with Crippen molar-refractivity contribution < 1.29 is 9.53 Å². The number of amides is 1. The molecule has 1 amide bonds. The van der Waals surface area contributed by atoms with Gasteiger partial charge < -0.3 is 9.64 Å². The minimum atomic E-state index is -0.0350. The Morgan fingerprint density at radius 1 is 1.24 bits per heavy atom. The number of thiazole rings is 1. The van der Waals surface area contributed by atoms with Gasteiger partial charge in [-0.25, -0.2) is 4.98 Å². The molecular formula is C23H25ClN2O2S. The quantitative estimate of drug-likeness (QED) is 0.472. The molecule has 0 aliphatic heterocycles. The third-order valence-electron chi connectivity index (χ3n) is 4.88. The number of hydrogen-bond acceptors (Lipinski definition) is 4. The average molecular weight is 429 g/mol. The summed E-state index contributed by atoms with van der Waals surface area (Å²) in [7, 11) is 1.65. The number of nitrogens with zero attached hydrogens (tertiary/aromatic N) is 2. The molecule has 3 rings (SSSR count). The molecule has 3 aromatic rings. The van der Waals surface area contributed by atoms with Crippen molar-refractivity contribution in [3.05, 3.63) is 80.8 Å². The molecule has 1 aromatic heterocycles. The van der Waals surface area contributed by atoms with Gasteiger partial charge in [-0.3, -0.25) is 4.79 Å². The number of carbonyl (C=O) groups excluding carboxylic acids is 1. The Morgan fingerprint density at radius 3 is 2.76 bits per heavy atom. The molecule has 6 heteroatoms. The van der Waals surface area contributed by atoms with E-state index in [2.05, 4.69) is 4.98 Å². The van der Waals surface area contributed by atoms with Crippen LogP contribution in [0.5, 0.6) is 5.75 Å². The number of halogens is 1. The number of ether oxygens (including phenoxy) is 1. The van der Waals surface area contributed by atoms with Gasteiger partial charge in [-0.2, -0.15) is 0 Å². The summed E-state index contributed by atoms with van der Waals surface area (Å²) in [5.41, 5.74) is 2.99. The molecule has 1 heterocycles. The normalized spacial score (nSPS) is 11.9. The van der Waals surface area contributed by atoms with Gasteiger partial charge >= 0.3 is 0 Å². The predicted octanol–water partition coefficient (Wildman–Crippen LogP) is 5.55. The Morgan fingerprint density at radius 2 is 2.03 bits per heavy atom. The molecule has 0 aliphatic carbocycles. The average Bonchev–Trinajstić information content (AvgIpc) is 3.15. The summed E-state index contributed by atoms with van der Waals surface area (Å²) in [6, 6.07) is 15.6. The van der Waals surface area contributed by atoms with Crippen LogP contribution in [-0.2, 0) is 17.6 Å². The summed E-state index contributed by atoms with van der Waals surface area (Å²) in [5.74, 6) is 0.866. The lowest BCUT2D eigenvalue weighted by atomic mass is 10.1. The largest absolute Gasteiger partial charge is 0.497 e. The summed E-state index contributed by atoms with van der Waals surface area (Å²) < 4.78 is 5.31. The highest BCUT2D eigenvalue weighted by Crippen LogP contribution is 2.25. The highest BCUT2D eigenvalue weighted by molar-refractivity contribution is 7.09. The van der Waals surface area contributed by atoms with Crippen LogP contribution in [-0.4, -0.2) is 29.4 Å². The van der Waals surface area contributed by atoms with Gasteiger partial charge in [0.05, 0.1) is 30.3 Å². The van der Waals surface area contributed by atoms with Gasteiger partial charge in [-0.1, -0.05) is 35.9 Å². The molecule has 0 fully saturated rings. The molecule has 0 saturated carbocycles. The minimum Gasteiger partial charge on any atom is -0.497 e. The molecule has 1 atom stereocenters. The lowest BCUT2D eigenvalue weighted by Gasteiger charge is -2.28. The lowest BCUT2D eigenvalue weighted by Crippen LogP contribution is -2.34. The van der Waals surface area contributed by atoms with E-state index in [4.69, 9.17) is 16.3 Å². The van der Waals surface area contributed by atoms with Crippen molar-refractivity contribution in [1.29, 1.82) is 0 Å². The molecule has 0 saturated heterocycles. The van der Waals surface area contributed by atoms with Crippen LogP contribution >= 0.6 is 22.9 Å². The first-order valence-corrected chi connectivity index (χ1v) is 10.9. The number of carbonyl (C=O) groups is 1. The summed E-state index contributed by atoms with van der Waals surface area (Å²) in [4.78, 5) is 19.5. The zero-order valence-electron chi connectivity index (χ0n) is 16.9. The van der Waals surface area contributed by atoms with Crippen LogP contribution in [0.3, 0.4) is 0 Å². The van der Waals surface area contributed by atoms with E-state index in [0.717, 1.165) is 39.0 Å². The topological polar surface area (TPSA) is 42.4 Å². The number of aromatic nitrogens is 1. The second-order valence-electron chi connectivity index (χ2n) is 6.85. The Hall–Kier alpha value is -2.37. The third-order valence-corrected chi connectivity index (χ3v) is 6.01. The lowest BCUT2D eigenvalue weighted by molar-refractivity contribution is -0.132. The Kier molecular flexibility index (Phi) is 7.29. The van der Waals surface area contributed by atoms with E-state index in [1.807, 2.05) is 72.7 Å². The van der Waals surface area contributed by atoms with Gasteiger partial charge in [-0.05, 0) is 49.2 Å². The van der Waals surface area contributed by atoms with Crippen LogP contribution < -0.4 is 4.74 Å². The van der Waals surface area contributed by atoms with Gasteiger partial charge in [-0.15, -0.1) is 11.3 Å². The van der Waals surface area contributed by atoms with Crippen molar-refractivity contribution in [3.63, 3.8) is 0 Å². The van der Waals surface area contributed by atoms with Gasteiger partial charge in [0.1, 0.15) is 5.75 Å². The maximum absolute atomic E-state index is 13.0. The molecule has 0 N–H and O–H groups in total. The molecule has 0 aliphatic rings. The minimum absolute atomic E-state index is 0.0350. The fraction of sp³-hybridized carbons (Fsp3) is 0.304. The zero-order valence-corrected chi connectivity index (χ0v) is 18.5. The van der Waals surface area contributed by atoms with E-state index in [0.29, 0.717) is 13.0 Å². The highest BCUT2D eigenvalue weighted by atomic mass is 35.5. The molecule has 4 nitrogen and oxygen atoms in total. The number of rotatable bonds is 8. The van der Waals surface area contributed by atoms with Crippen molar-refractivity contribution >= 4 is 28.8 Å². The molecule has 0 radical (unpaired) electrons. The van der Waals surface area contributed by atoms with Crippen LogP contribution in [0.25, 0.3) is 0 Å². The van der Waals surface area contributed by atoms with Crippen LogP contribution in [0.1, 0.15) is 41.7 Å². The van der Waals surface area contributed by atoms with Gasteiger partial charge in [0.25, 0.3) is 0 Å². The van der Waals surface area contributed by atoms with Gasteiger partial charge in [0.15, 0.2) is 0 Å². The van der Waals surface area contributed by atoms with E-state index in [-0.39, 0.29) is 11.9 Å². The summed E-state index contributed by atoms with van der Waals surface area (Å²) in [6.07, 6.45) is 1.02. The van der Waals surface area contributed by atoms with Gasteiger partial charge in [0.2, 0.25) is 5.91 Å². The van der Waals surface area contributed by atoms with E-state index >= 15 is 0 Å². The first-order chi connectivity index (χ1) is 14.0. The van der Waals surface area contributed by atoms with Crippen LogP contribution in [0.15, 0.2) is 53.9 Å². The third kappa shape index (κ3) is 5.58. The SMILES string of the molecule is CCN(C(=O)Cc1csc(Cc2cccc(Cl)c2)n1)C(C)c1cccc(OC)c1. The van der Waals surface area contributed by atoms with E-state index < -0.39 is 0 Å². The maximum Gasteiger partial charge on any atom is 0.229 e. The summed E-state index contributed by atoms with van der Waals surface area (Å²) in [5, 5.41) is 3.68. The molecule has 2 aromatic carbocycles. The predicted molar refractivity (Wildman–Crippen MR) is 119 cm³/mol. The Balaban J connectivity index is 1.67. The van der Waals surface area contributed by atoms with Crippen molar-refractivity contribution in [2.45, 2.75) is 32.7 Å². The molecule has 0 bridgehead atoms. The maximum atomic E-state index is 13.0.